The van der Waals surface area contributed by atoms with Gasteiger partial charge in [0.2, 0.25) is 10.0 Å². The second-order valence-electron chi connectivity index (χ2n) is 5.02. The van der Waals surface area contributed by atoms with Gasteiger partial charge in [-0.1, -0.05) is 22.0 Å². The minimum atomic E-state index is -3.41. The molecule has 1 atom stereocenters. The monoisotopic (exact) mass is 346 g/mol. The predicted molar refractivity (Wildman–Crippen MR) is 79.4 cm³/mol. The van der Waals surface area contributed by atoms with Gasteiger partial charge in [0, 0.05) is 17.6 Å². The topological polar surface area (TPSA) is 63.4 Å². The summed E-state index contributed by atoms with van der Waals surface area (Å²) >= 11 is 3.34. The van der Waals surface area contributed by atoms with Crippen LogP contribution >= 0.6 is 15.9 Å². The fraction of sp³-hybridized carbons (Fsp3) is 0.538. The second-order valence-corrected chi connectivity index (χ2v) is 7.84. The molecule has 1 fully saturated rings. The van der Waals surface area contributed by atoms with E-state index in [0.717, 1.165) is 22.9 Å². The van der Waals surface area contributed by atoms with Crippen LogP contribution in [0.25, 0.3) is 0 Å². The largest absolute Gasteiger partial charge is 0.330 e. The van der Waals surface area contributed by atoms with Gasteiger partial charge in [0.05, 0.1) is 4.90 Å². The lowest BCUT2D eigenvalue weighted by molar-refractivity contribution is 0.271. The van der Waals surface area contributed by atoms with Gasteiger partial charge < -0.3 is 5.73 Å². The van der Waals surface area contributed by atoms with E-state index in [-0.39, 0.29) is 5.92 Å². The highest BCUT2D eigenvalue weighted by Gasteiger charge is 2.30. The Labute approximate surface area is 123 Å². The average Bonchev–Trinajstić information content (AvgIpc) is 2.41. The summed E-state index contributed by atoms with van der Waals surface area (Å²) in [5.41, 5.74) is 6.45. The minimum absolute atomic E-state index is 0.274. The van der Waals surface area contributed by atoms with E-state index < -0.39 is 10.0 Å². The smallest absolute Gasteiger partial charge is 0.243 e. The van der Waals surface area contributed by atoms with Crippen molar-refractivity contribution >= 4 is 26.0 Å². The molecule has 0 aliphatic carbocycles. The van der Waals surface area contributed by atoms with Crippen LogP contribution in [0.15, 0.2) is 27.6 Å². The maximum atomic E-state index is 12.7. The van der Waals surface area contributed by atoms with Gasteiger partial charge in [-0.05, 0) is 49.9 Å². The molecule has 1 aliphatic rings. The Morgan fingerprint density at radius 1 is 1.47 bits per heavy atom. The molecule has 1 aliphatic heterocycles. The van der Waals surface area contributed by atoms with Crippen LogP contribution in [-0.2, 0) is 10.0 Å². The third-order valence-electron chi connectivity index (χ3n) is 3.58. The lowest BCUT2D eigenvalue weighted by atomic mass is 10.0. The fourth-order valence-corrected chi connectivity index (χ4v) is 4.75. The Hall–Kier alpha value is -0.430. The molecule has 0 spiro atoms. The van der Waals surface area contributed by atoms with Gasteiger partial charge in [0.1, 0.15) is 0 Å². The molecule has 0 amide bonds. The molecule has 1 aromatic rings. The number of sulfonamides is 1. The summed E-state index contributed by atoms with van der Waals surface area (Å²) in [5.74, 6) is 0.274. The van der Waals surface area contributed by atoms with Crippen molar-refractivity contribution in [1.29, 1.82) is 0 Å². The first-order chi connectivity index (χ1) is 8.95. The quantitative estimate of drug-likeness (QED) is 0.911. The fourth-order valence-electron chi connectivity index (χ4n) is 2.43. The lowest BCUT2D eigenvalue weighted by Crippen LogP contribution is -2.42. The molecule has 0 saturated carbocycles. The molecular weight excluding hydrogens is 328 g/mol. The second kappa shape index (κ2) is 5.91. The van der Waals surface area contributed by atoms with E-state index in [9.17, 15) is 8.42 Å². The highest BCUT2D eigenvalue weighted by atomic mass is 79.9. The van der Waals surface area contributed by atoms with Gasteiger partial charge in [-0.2, -0.15) is 4.31 Å². The van der Waals surface area contributed by atoms with Crippen molar-refractivity contribution < 1.29 is 8.42 Å². The van der Waals surface area contributed by atoms with E-state index >= 15 is 0 Å². The molecule has 1 aromatic carbocycles. The van der Waals surface area contributed by atoms with E-state index in [0.29, 0.717) is 24.5 Å². The molecule has 6 heteroatoms. The molecule has 0 radical (unpaired) electrons. The zero-order valence-electron chi connectivity index (χ0n) is 11.0. The van der Waals surface area contributed by atoms with Crippen molar-refractivity contribution in [3.8, 4) is 0 Å². The number of piperidine rings is 1. The molecule has 0 bridgehead atoms. The van der Waals surface area contributed by atoms with E-state index in [1.54, 1.807) is 10.4 Å². The minimum Gasteiger partial charge on any atom is -0.330 e. The molecule has 4 nitrogen and oxygen atoms in total. The standard InChI is InChI=1S/C13H19BrN2O2S/c1-10-4-5-12(14)7-13(10)19(17,18)16-6-2-3-11(8-15)9-16/h4-5,7,11H,2-3,6,8-9,15H2,1H3. The van der Waals surface area contributed by atoms with Gasteiger partial charge in [0.15, 0.2) is 0 Å². The van der Waals surface area contributed by atoms with Gasteiger partial charge in [-0.25, -0.2) is 8.42 Å². The Morgan fingerprint density at radius 2 is 2.21 bits per heavy atom. The van der Waals surface area contributed by atoms with Gasteiger partial charge in [0.25, 0.3) is 0 Å². The zero-order valence-corrected chi connectivity index (χ0v) is 13.4. The Kier molecular flexibility index (Phi) is 4.66. The van der Waals surface area contributed by atoms with Crippen LogP contribution < -0.4 is 5.73 Å². The Bertz CT molecular complexity index is 560. The van der Waals surface area contributed by atoms with Crippen LogP contribution in [0.1, 0.15) is 18.4 Å². The summed E-state index contributed by atoms with van der Waals surface area (Å²) < 4.78 is 27.7. The maximum absolute atomic E-state index is 12.7. The summed E-state index contributed by atoms with van der Waals surface area (Å²) in [7, 11) is -3.41. The van der Waals surface area contributed by atoms with Crippen LogP contribution in [0.2, 0.25) is 0 Å². The summed E-state index contributed by atoms with van der Waals surface area (Å²) in [6, 6.07) is 5.35. The van der Waals surface area contributed by atoms with Gasteiger partial charge in [-0.3, -0.25) is 0 Å². The first-order valence-corrected chi connectivity index (χ1v) is 8.65. The van der Waals surface area contributed by atoms with Crippen molar-refractivity contribution in [3.63, 3.8) is 0 Å². The summed E-state index contributed by atoms with van der Waals surface area (Å²) in [4.78, 5) is 0.388. The Balaban J connectivity index is 2.34. The summed E-state index contributed by atoms with van der Waals surface area (Å²) in [6.45, 7) is 3.49. The Morgan fingerprint density at radius 3 is 2.89 bits per heavy atom. The molecule has 2 rings (SSSR count). The van der Waals surface area contributed by atoms with Gasteiger partial charge in [-0.15, -0.1) is 0 Å². The van der Waals surface area contributed by atoms with E-state index in [1.165, 1.54) is 0 Å². The van der Waals surface area contributed by atoms with Crippen LogP contribution in [0, 0.1) is 12.8 Å². The van der Waals surface area contributed by atoms with Gasteiger partial charge >= 0.3 is 0 Å². The van der Waals surface area contributed by atoms with Crippen molar-refractivity contribution in [2.45, 2.75) is 24.7 Å². The molecule has 2 N–H and O–H groups in total. The molecule has 19 heavy (non-hydrogen) atoms. The maximum Gasteiger partial charge on any atom is 0.243 e. The predicted octanol–water partition coefficient (Wildman–Crippen LogP) is 2.12. The highest BCUT2D eigenvalue weighted by Crippen LogP contribution is 2.27. The van der Waals surface area contributed by atoms with E-state index in [1.807, 2.05) is 19.1 Å². The van der Waals surface area contributed by atoms with Crippen molar-refractivity contribution in [2.75, 3.05) is 19.6 Å². The number of hydrogen-bond donors (Lipinski definition) is 1. The van der Waals surface area contributed by atoms with Crippen LogP contribution in [0.4, 0.5) is 0 Å². The number of nitrogens with zero attached hydrogens (tertiary/aromatic N) is 1. The first-order valence-electron chi connectivity index (χ1n) is 6.41. The molecule has 1 unspecified atom stereocenters. The SMILES string of the molecule is Cc1ccc(Br)cc1S(=O)(=O)N1CCCC(CN)C1. The molecule has 0 aromatic heterocycles. The number of rotatable bonds is 3. The third kappa shape index (κ3) is 3.18. The van der Waals surface area contributed by atoms with Crippen LogP contribution in [-0.4, -0.2) is 32.4 Å². The number of halogens is 1. The van der Waals surface area contributed by atoms with Crippen LogP contribution in [0.5, 0.6) is 0 Å². The number of benzene rings is 1. The van der Waals surface area contributed by atoms with E-state index in [2.05, 4.69) is 15.9 Å². The lowest BCUT2D eigenvalue weighted by Gasteiger charge is -2.31. The summed E-state index contributed by atoms with van der Waals surface area (Å²) in [5, 5.41) is 0. The normalized spacial score (nSPS) is 21.5. The van der Waals surface area contributed by atoms with Crippen molar-refractivity contribution in [3.05, 3.63) is 28.2 Å². The van der Waals surface area contributed by atoms with Crippen molar-refractivity contribution in [1.82, 2.24) is 4.31 Å². The molecular formula is C13H19BrN2O2S. The average molecular weight is 347 g/mol. The highest BCUT2D eigenvalue weighted by molar-refractivity contribution is 9.10. The number of hydrogen-bond acceptors (Lipinski definition) is 3. The van der Waals surface area contributed by atoms with E-state index in [4.69, 9.17) is 5.73 Å². The van der Waals surface area contributed by atoms with Crippen LogP contribution in [0.3, 0.4) is 0 Å². The molecule has 1 heterocycles. The zero-order chi connectivity index (χ0) is 14.0. The summed E-state index contributed by atoms with van der Waals surface area (Å²) in [6.07, 6.45) is 1.90. The third-order valence-corrected chi connectivity index (χ3v) is 6.08. The number of nitrogens with two attached hydrogens (primary N) is 1. The van der Waals surface area contributed by atoms with Crippen molar-refractivity contribution in [2.24, 2.45) is 11.7 Å². The first kappa shape index (κ1) is 15.0. The molecule has 1 saturated heterocycles. The molecule has 106 valence electrons. The number of aryl methyl sites for hydroxylation is 1.